The van der Waals surface area contributed by atoms with Gasteiger partial charge in [-0.15, -0.1) is 0 Å². The van der Waals surface area contributed by atoms with Crippen molar-refractivity contribution in [1.29, 1.82) is 0 Å². The molecule has 0 atom stereocenters. The van der Waals surface area contributed by atoms with Gasteiger partial charge in [-0.2, -0.15) is 26.3 Å². The lowest BCUT2D eigenvalue weighted by molar-refractivity contribution is -0.139. The van der Waals surface area contributed by atoms with Crippen molar-refractivity contribution in [3.8, 4) is 5.88 Å². The molecule has 0 N–H and O–H groups in total. The van der Waals surface area contributed by atoms with Crippen LogP contribution in [0.15, 0.2) is 277 Å². The number of ether oxygens (including phenoxy) is 1. The van der Waals surface area contributed by atoms with Crippen molar-refractivity contribution in [2.24, 2.45) is 31.1 Å². The number of alkyl halides is 6. The highest BCUT2D eigenvalue weighted by molar-refractivity contribution is 6.07. The van der Waals surface area contributed by atoms with Gasteiger partial charge in [0.05, 0.1) is 119 Å². The number of rotatable bonds is 16. The van der Waals surface area contributed by atoms with Gasteiger partial charge in [0.2, 0.25) is 5.88 Å². The van der Waals surface area contributed by atoms with E-state index in [0.29, 0.717) is 48.8 Å². The largest absolute Gasteiger partial charge is 0.480 e. The minimum atomic E-state index is -4.87. The molecule has 19 nitrogen and oxygen atoms in total. The van der Waals surface area contributed by atoms with Gasteiger partial charge < -0.3 is 18.4 Å². The zero-order valence-electron chi connectivity index (χ0n) is 73.9. The Morgan fingerprint density at radius 2 is 0.672 bits per heavy atom. The van der Waals surface area contributed by atoms with E-state index in [9.17, 15) is 35.1 Å². The average Bonchev–Trinajstić information content (AvgIpc) is 1.66. The number of aliphatic imine (C=N–C) groups is 2. The van der Waals surface area contributed by atoms with E-state index in [1.54, 1.807) is 7.11 Å². The van der Waals surface area contributed by atoms with Crippen LogP contribution in [0.3, 0.4) is 0 Å². The second kappa shape index (κ2) is 37.3. The lowest BCUT2D eigenvalue weighted by atomic mass is 10.0. The van der Waals surface area contributed by atoms with Crippen molar-refractivity contribution in [2.75, 3.05) is 7.11 Å². The smallest absolute Gasteiger partial charge is 0.418 e. The van der Waals surface area contributed by atoms with Gasteiger partial charge in [0, 0.05) is 112 Å². The summed E-state index contributed by atoms with van der Waals surface area (Å²) in [4.78, 5) is 67.7. The van der Waals surface area contributed by atoms with Crippen LogP contribution in [-0.2, 0) is 97.7 Å². The van der Waals surface area contributed by atoms with Gasteiger partial charge in [0.15, 0.2) is 11.6 Å². The van der Waals surface area contributed by atoms with Crippen LogP contribution in [0.5, 0.6) is 5.88 Å². The van der Waals surface area contributed by atoms with Crippen molar-refractivity contribution >= 4 is 143 Å². The summed E-state index contributed by atoms with van der Waals surface area (Å²) in [7, 11) is 7.54. The monoisotopic (exact) mass is 1790 g/mol. The summed E-state index contributed by atoms with van der Waals surface area (Å²) >= 11 is 0. The number of hydrogen-bond donors (Lipinski definition) is 0. The van der Waals surface area contributed by atoms with E-state index in [4.69, 9.17) is 34.7 Å². The first-order chi connectivity index (χ1) is 64.9. The first-order valence-electron chi connectivity index (χ1n) is 44.0. The molecule has 8 aromatic heterocycles. The van der Waals surface area contributed by atoms with Gasteiger partial charge in [0.25, 0.3) is 0 Å². The van der Waals surface area contributed by atoms with Gasteiger partial charge in [0.1, 0.15) is 45.2 Å². The number of fused-ring (bicyclic) bond motifs is 16. The van der Waals surface area contributed by atoms with Crippen LogP contribution in [0.25, 0.3) is 121 Å². The Balaban J connectivity index is 0.000000109. The molecule has 21 aromatic rings. The van der Waals surface area contributed by atoms with Gasteiger partial charge in [-0.3, -0.25) is 24.9 Å². The third kappa shape index (κ3) is 18.6. The van der Waals surface area contributed by atoms with Crippen molar-refractivity contribution in [1.82, 2.24) is 78.5 Å². The molecule has 666 valence electrons. The van der Waals surface area contributed by atoms with Crippen LogP contribution >= 0.6 is 0 Å². The highest BCUT2D eigenvalue weighted by atomic mass is 19.4. The third-order valence-electron chi connectivity index (χ3n) is 24.4. The maximum Gasteiger partial charge on any atom is 0.418 e. The van der Waals surface area contributed by atoms with Crippen molar-refractivity contribution < 1.29 is 39.9 Å². The van der Waals surface area contributed by atoms with Crippen molar-refractivity contribution in [2.45, 2.75) is 103 Å². The summed E-state index contributed by atoms with van der Waals surface area (Å²) in [6.07, 6.45) is 5.38. The van der Waals surface area contributed by atoms with Gasteiger partial charge >= 0.3 is 12.4 Å². The molecular weight excluding hydrogens is 1710 g/mol. The van der Waals surface area contributed by atoms with Crippen LogP contribution in [0.4, 0.5) is 46.5 Å². The van der Waals surface area contributed by atoms with E-state index in [0.717, 1.165) is 198 Å². The Kier molecular flexibility index (Phi) is 24.4. The number of hydrogen-bond acceptors (Lipinski definition) is 16. The number of methoxy groups -OCH3 is 1. The van der Waals surface area contributed by atoms with Gasteiger partial charge in [-0.1, -0.05) is 152 Å². The highest BCUT2D eigenvalue weighted by Gasteiger charge is 2.39. The highest BCUT2D eigenvalue weighted by Crippen LogP contribution is 2.41. The molecule has 23 rings (SSSR count). The fraction of sp³-hybridized carbons (Fsp3) is 0.187. The van der Waals surface area contributed by atoms with Crippen LogP contribution in [-0.4, -0.2) is 97.0 Å². The summed E-state index contributed by atoms with van der Waals surface area (Å²) in [5.41, 5.74) is 20.9. The molecule has 0 saturated carbocycles. The first-order valence-corrected chi connectivity index (χ1v) is 44.0. The summed E-state index contributed by atoms with van der Waals surface area (Å²) in [6.45, 7) is 4.22. The molecule has 134 heavy (non-hydrogen) atoms. The lowest BCUT2D eigenvalue weighted by Gasteiger charge is -2.14. The van der Waals surface area contributed by atoms with E-state index in [1.807, 2.05) is 152 Å². The number of imidazole rings is 3. The van der Waals surface area contributed by atoms with Crippen LogP contribution in [0, 0.1) is 25.5 Å². The predicted molar refractivity (Wildman–Crippen MR) is 512 cm³/mol. The maximum atomic E-state index is 14.0. The second-order valence-electron chi connectivity index (χ2n) is 33.4. The third-order valence-corrected chi connectivity index (χ3v) is 24.4. The molecule has 27 heteroatoms. The fourth-order valence-corrected chi connectivity index (χ4v) is 17.3. The number of aryl methyl sites for hydroxylation is 13. The van der Waals surface area contributed by atoms with E-state index < -0.39 is 46.1 Å². The average molecular weight is 1790 g/mol. The minimum Gasteiger partial charge on any atom is -0.480 e. The Morgan fingerprint density at radius 1 is 0.313 bits per heavy atom. The molecular formula is C107H86F8N18O. The topological polar surface area (TPSA) is 216 Å². The first kappa shape index (κ1) is 87.6. The van der Waals surface area contributed by atoms with E-state index in [-0.39, 0.29) is 23.1 Å². The Morgan fingerprint density at radius 3 is 1.11 bits per heavy atom. The van der Waals surface area contributed by atoms with Crippen molar-refractivity contribution in [3.05, 3.63) is 358 Å². The summed E-state index contributed by atoms with van der Waals surface area (Å²) in [5, 5.41) is 6.66. The number of aromatic nitrogens is 16. The molecule has 0 amide bonds. The predicted octanol–water partition coefficient (Wildman–Crippen LogP) is 24.1. The second-order valence-corrected chi connectivity index (χ2v) is 33.4. The number of nitrogens with zero attached hydrogens (tertiary/aromatic N) is 18. The SMILES string of the molecule is COc1nc2ccccc2nc1CCc1nc2c3ccccc3ccc2n1C.Cc1ccc2c(c1)N=C(CCc1cnc3ccccc3n1)C2.Cc1ccc2c(c1)N=C(CCc1cnc3ccccc3n1)C2.Cn1c(CCc2cnc3c(C(F)(F)F)ccc(C(F)(F)F)c3n2)nc2c3ccccc3ccc21.Cn1c(CCc2cnc3c(F)ccc(F)c3n2)nc2c3ccccc3ccc21. The summed E-state index contributed by atoms with van der Waals surface area (Å²) < 4.78 is 120. The normalized spacial score (nSPS) is 12.4. The number of halogens is 8. The Bertz CT molecular complexity index is 8040. The van der Waals surface area contributed by atoms with Crippen LogP contribution in [0.2, 0.25) is 0 Å². The minimum absolute atomic E-state index is 0.0338. The van der Waals surface area contributed by atoms with E-state index >= 15 is 0 Å². The maximum absolute atomic E-state index is 14.0. The molecule has 13 aromatic carbocycles. The fourth-order valence-electron chi connectivity index (χ4n) is 17.3. The molecule has 0 spiro atoms. The molecule has 0 saturated heterocycles. The molecule has 0 aliphatic carbocycles. The van der Waals surface area contributed by atoms with Crippen LogP contribution in [0.1, 0.15) is 92.2 Å². The summed E-state index contributed by atoms with van der Waals surface area (Å²) in [5.74, 6) is 2.06. The molecule has 0 bridgehead atoms. The van der Waals surface area contributed by atoms with Gasteiger partial charge in [-0.25, -0.2) is 58.6 Å². The summed E-state index contributed by atoms with van der Waals surface area (Å²) in [6, 6.07) is 76.5. The number of para-hydroxylation sites is 6. The van der Waals surface area contributed by atoms with E-state index in [2.05, 4.69) is 172 Å². The Hall–Kier alpha value is -15.7. The Labute approximate surface area is 763 Å². The van der Waals surface area contributed by atoms with Crippen LogP contribution < -0.4 is 4.74 Å². The zero-order chi connectivity index (χ0) is 92.5. The molecule has 2 aliphatic rings. The molecule has 2 aliphatic heterocycles. The molecule has 0 radical (unpaired) electrons. The lowest BCUT2D eigenvalue weighted by Crippen LogP contribution is -2.13. The van der Waals surface area contributed by atoms with E-state index in [1.165, 1.54) is 50.6 Å². The van der Waals surface area contributed by atoms with Gasteiger partial charge in [-0.05, 0) is 182 Å². The molecule has 10 heterocycles. The molecule has 0 unspecified atom stereocenters. The quantitative estimate of drug-likeness (QED) is 0.0823. The number of benzene rings is 13. The standard InChI is InChI=1S/C24H16F6N4.C23H20N4O.C22H16F2N4.2C19H17N3/c1-34-18-10-6-13-4-2-3-5-15(13)20(18)33-19(34)11-7-14-12-31-21-16(23(25,26)27)8-9-17(22(21)32-14)24(28,29)30;1-27-20-13-11-15-7-3-4-8-16(15)22(20)26-21(27)14-12-19-23(28-2)25-18-10-6-5-9-17(18)24-19;1-28-18-10-6-13-4-2-3-5-15(13)20(18)27-19(28)11-7-14-12-25-21-16(23)8-9-17(24)22(21)26-14;2*1-13-6-7-14-11-15(21-19(14)10-13)8-9-16-12-20-17-4-2-3-5-18(17)22-16/h2-6,8-10,12H,7,11H2,1H3;3-11,13H,12,14H2,1-2H3;2-6,8-10,12H,7,11H2,1H3;2*2-7,10,12H,8-9,11H2,1H3. The molecule has 0 fully saturated rings. The van der Waals surface area contributed by atoms with Crippen molar-refractivity contribution in [3.63, 3.8) is 0 Å². The zero-order valence-corrected chi connectivity index (χ0v) is 73.9.